The Morgan fingerprint density at radius 3 is 1.09 bits per heavy atom. The molecule has 10 heterocycles. The molecule has 0 amide bonds. The Morgan fingerprint density at radius 2 is 0.675 bits per heavy atom. The van der Waals surface area contributed by atoms with E-state index in [1.165, 1.54) is 85.6 Å². The Balaban J connectivity index is 0.000000128. The molecule has 4 aliphatic rings. The Morgan fingerprint density at radius 1 is 0.325 bits per heavy atom. The standard InChI is InChI=1S/2C34H20N3Si.Pt/c2*1-4-11-28-23(8-1)27-21-35-19-17-29(27)37(28)22-15-16-26-33(20-22)38(32-14-7-18-36-34(26)32)30-12-5-2-9-24(30)25-10-3-6-13-31(25)38;/h2*1-15,17-21H;/q2*-1;+2. The van der Waals surface area contributed by atoms with Gasteiger partial charge in [0.25, 0.3) is 0 Å². The van der Waals surface area contributed by atoms with Gasteiger partial charge in [-0.2, -0.15) is 0 Å². The van der Waals surface area contributed by atoms with Gasteiger partial charge in [-0.05, 0) is 102 Å². The number of pyridine rings is 4. The van der Waals surface area contributed by atoms with Crippen molar-refractivity contribution >= 4 is 101 Å². The van der Waals surface area contributed by atoms with Crippen LogP contribution < -0.4 is 41.5 Å². The maximum atomic E-state index is 4.95. The van der Waals surface area contributed by atoms with Gasteiger partial charge < -0.3 is 19.1 Å². The number of aromatic nitrogens is 6. The summed E-state index contributed by atoms with van der Waals surface area (Å²) >= 11 is 0. The fraction of sp³-hybridized carbons (Fsp3) is 0. The zero-order valence-corrected chi connectivity index (χ0v) is 45.4. The average molecular weight is 1190 g/mol. The maximum Gasteiger partial charge on any atom is 2.00 e. The molecule has 8 aromatic carbocycles. The van der Waals surface area contributed by atoms with E-state index in [4.69, 9.17) is 9.97 Å². The molecule has 4 aliphatic heterocycles. The van der Waals surface area contributed by atoms with Crippen LogP contribution in [0.3, 0.4) is 0 Å². The first-order valence-corrected chi connectivity index (χ1v) is 29.8. The molecule has 2 spiro atoms. The summed E-state index contributed by atoms with van der Waals surface area (Å²) in [6.45, 7) is 0. The van der Waals surface area contributed by atoms with Crippen molar-refractivity contribution in [1.82, 2.24) is 29.1 Å². The van der Waals surface area contributed by atoms with E-state index in [0.29, 0.717) is 0 Å². The number of benzene rings is 8. The Bertz CT molecular complexity index is 4290. The smallest absolute Gasteiger partial charge is 0.351 e. The van der Waals surface area contributed by atoms with E-state index >= 15 is 0 Å². The van der Waals surface area contributed by atoms with Crippen LogP contribution in [-0.2, 0) is 21.1 Å². The third kappa shape index (κ3) is 5.71. The van der Waals surface area contributed by atoms with Crippen molar-refractivity contribution in [3.63, 3.8) is 0 Å². The largest absolute Gasteiger partial charge is 2.00 e. The second-order valence-corrected chi connectivity index (χ2v) is 27.6. The van der Waals surface area contributed by atoms with Crippen LogP contribution in [0.2, 0.25) is 0 Å². The monoisotopic (exact) mass is 1190 g/mol. The summed E-state index contributed by atoms with van der Waals surface area (Å²) in [7, 11) is -5.10. The first-order valence-electron chi connectivity index (χ1n) is 25.8. The second-order valence-electron chi connectivity index (χ2n) is 20.3. The molecule has 6 aromatic heterocycles. The molecule has 0 bridgehead atoms. The molecular formula is C68H40N6PtSi2. The number of hydrogen-bond donors (Lipinski definition) is 0. The van der Waals surface area contributed by atoms with Gasteiger partial charge in [0.05, 0.1) is 0 Å². The van der Waals surface area contributed by atoms with Gasteiger partial charge in [0.15, 0.2) is 0 Å². The minimum atomic E-state index is -2.55. The number of nitrogens with zero attached hydrogens (tertiary/aromatic N) is 6. The maximum absolute atomic E-state index is 4.95. The van der Waals surface area contributed by atoms with Gasteiger partial charge in [0, 0.05) is 80.8 Å². The van der Waals surface area contributed by atoms with Crippen molar-refractivity contribution in [1.29, 1.82) is 0 Å². The molecular weight excluding hydrogens is 1150 g/mol. The van der Waals surface area contributed by atoms with E-state index in [-0.39, 0.29) is 21.1 Å². The minimum absolute atomic E-state index is 0. The van der Waals surface area contributed by atoms with Crippen molar-refractivity contribution in [2.75, 3.05) is 0 Å². The molecule has 14 aromatic rings. The van der Waals surface area contributed by atoms with E-state index in [9.17, 15) is 0 Å². The van der Waals surface area contributed by atoms with Crippen LogP contribution in [0.25, 0.3) is 99.8 Å². The molecule has 0 saturated carbocycles. The van der Waals surface area contributed by atoms with E-state index in [0.717, 1.165) is 55.7 Å². The molecule has 0 saturated heterocycles. The number of rotatable bonds is 2. The van der Waals surface area contributed by atoms with Crippen LogP contribution >= 0.6 is 0 Å². The van der Waals surface area contributed by atoms with E-state index in [1.807, 2.05) is 37.2 Å². The van der Waals surface area contributed by atoms with Gasteiger partial charge in [0.2, 0.25) is 0 Å². The van der Waals surface area contributed by atoms with Crippen LogP contribution in [0.15, 0.2) is 243 Å². The fourth-order valence-electron chi connectivity index (χ4n) is 14.1. The summed E-state index contributed by atoms with van der Waals surface area (Å²) in [4.78, 5) is 18.8. The van der Waals surface area contributed by atoms with Gasteiger partial charge in [-0.3, -0.25) is 9.97 Å². The normalized spacial score (nSPS) is 13.8. The molecule has 0 aliphatic carbocycles. The topological polar surface area (TPSA) is 61.4 Å². The molecule has 0 unspecified atom stereocenters. The molecule has 18 rings (SSSR count). The number of para-hydroxylation sites is 2. The van der Waals surface area contributed by atoms with Crippen molar-refractivity contribution in [3.8, 4) is 56.1 Å². The summed E-state index contributed by atoms with van der Waals surface area (Å²) in [6.07, 6.45) is 11.6. The fourth-order valence-corrected chi connectivity index (χ4v) is 25.1. The predicted molar refractivity (Wildman–Crippen MR) is 314 cm³/mol. The molecule has 0 radical (unpaired) electrons. The first kappa shape index (κ1) is 44.4. The Hall–Kier alpha value is -8.92. The van der Waals surface area contributed by atoms with E-state index in [2.05, 4.69) is 237 Å². The van der Waals surface area contributed by atoms with Gasteiger partial charge in [-0.25, -0.2) is 0 Å². The average Bonchev–Trinajstić information content (AvgIpc) is 3.93. The second kappa shape index (κ2) is 16.5. The van der Waals surface area contributed by atoms with Gasteiger partial charge in [0.1, 0.15) is 16.1 Å². The van der Waals surface area contributed by atoms with Crippen LogP contribution in [-0.4, -0.2) is 45.2 Å². The quantitative estimate of drug-likeness (QED) is 0.128. The Labute approximate surface area is 460 Å². The van der Waals surface area contributed by atoms with Gasteiger partial charge in [-0.15, -0.1) is 57.9 Å². The van der Waals surface area contributed by atoms with Crippen molar-refractivity contribution in [3.05, 3.63) is 256 Å². The molecule has 0 N–H and O–H groups in total. The summed E-state index contributed by atoms with van der Waals surface area (Å²) < 4.78 is 4.74. The molecule has 9 heteroatoms. The van der Waals surface area contributed by atoms with Crippen LogP contribution in [0, 0.1) is 12.1 Å². The summed E-state index contributed by atoms with van der Waals surface area (Å²) in [6, 6.07) is 82.9. The third-order valence-electron chi connectivity index (χ3n) is 16.9. The number of hydrogen-bond acceptors (Lipinski definition) is 4. The number of fused-ring (bicyclic) bond motifs is 26. The van der Waals surface area contributed by atoms with Crippen LogP contribution in [0.5, 0.6) is 0 Å². The zero-order chi connectivity index (χ0) is 49.7. The van der Waals surface area contributed by atoms with E-state index in [1.54, 1.807) is 0 Å². The van der Waals surface area contributed by atoms with Crippen molar-refractivity contribution < 1.29 is 21.1 Å². The predicted octanol–water partition coefficient (Wildman–Crippen LogP) is 9.42. The van der Waals surface area contributed by atoms with E-state index < -0.39 is 16.1 Å². The van der Waals surface area contributed by atoms with Crippen LogP contribution in [0.4, 0.5) is 0 Å². The summed E-state index contributed by atoms with van der Waals surface area (Å²) in [5.41, 5.74) is 16.8. The van der Waals surface area contributed by atoms with Gasteiger partial charge >= 0.3 is 21.1 Å². The zero-order valence-electron chi connectivity index (χ0n) is 41.1. The molecule has 0 atom stereocenters. The SMILES string of the molecule is [Pt+2].[c-]1cc(-n2c3ccccc3c3cnccc32)cc2c1-c1ncccc1[Si]21c2ccccc2-c2ccccc21.[c-]1cc(-n2c3ccccc3c3cnccc32)cc2c1-c1ncccc1[Si]21c2ccccc2-c2ccccc21. The Kier molecular flexibility index (Phi) is 9.53. The minimum Gasteiger partial charge on any atom is -0.351 e. The third-order valence-corrected chi connectivity index (χ3v) is 26.7. The molecule has 0 fully saturated rings. The molecule has 77 heavy (non-hydrogen) atoms. The van der Waals surface area contributed by atoms with Gasteiger partial charge in [-0.1, -0.05) is 156 Å². The van der Waals surface area contributed by atoms with Crippen molar-refractivity contribution in [2.45, 2.75) is 0 Å². The summed E-state index contributed by atoms with van der Waals surface area (Å²) in [5, 5.41) is 16.0. The van der Waals surface area contributed by atoms with Crippen molar-refractivity contribution in [2.24, 2.45) is 0 Å². The first-order chi connectivity index (χ1) is 37.7. The summed E-state index contributed by atoms with van der Waals surface area (Å²) in [5.74, 6) is 0. The molecule has 6 nitrogen and oxygen atoms in total. The molecule has 360 valence electrons. The van der Waals surface area contributed by atoms with Crippen LogP contribution in [0.1, 0.15) is 0 Å².